The predicted molar refractivity (Wildman–Crippen MR) is 80.2 cm³/mol. The molecule has 1 saturated heterocycles. The van der Waals surface area contributed by atoms with Crippen molar-refractivity contribution in [1.82, 2.24) is 4.90 Å². The molecule has 1 fully saturated rings. The van der Waals surface area contributed by atoms with Crippen molar-refractivity contribution < 1.29 is 0 Å². The van der Waals surface area contributed by atoms with Crippen molar-refractivity contribution in [3.63, 3.8) is 0 Å². The zero-order valence-electron chi connectivity index (χ0n) is 10.8. The first-order chi connectivity index (χ1) is 8.35. The number of benzene rings is 1. The van der Waals surface area contributed by atoms with Gasteiger partial charge in [-0.25, -0.2) is 0 Å². The fraction of sp³-hybridized carbons (Fsp3) is 0.467. The van der Waals surface area contributed by atoms with Gasteiger partial charge in [0.2, 0.25) is 0 Å². The molecule has 0 amide bonds. The Labute approximate surface area is 116 Å². The van der Waals surface area contributed by atoms with Crippen LogP contribution in [0.3, 0.4) is 0 Å². The molecule has 2 atom stereocenters. The summed E-state index contributed by atoms with van der Waals surface area (Å²) in [5.74, 6) is 1.20. The van der Waals surface area contributed by atoms with Gasteiger partial charge in [-0.05, 0) is 24.4 Å². The number of nitrogens with two attached hydrogens (primary N) is 1. The Hall–Kier alpha value is -0.830. The zero-order chi connectivity index (χ0) is 12.1. The molecule has 1 aliphatic heterocycles. The normalized spacial score (nSPS) is 23.6. The highest BCUT2D eigenvalue weighted by Crippen LogP contribution is 2.31. The molecule has 1 heterocycles. The van der Waals surface area contributed by atoms with Gasteiger partial charge in [0, 0.05) is 25.6 Å². The van der Waals surface area contributed by atoms with Crippen LogP contribution in [0.2, 0.25) is 0 Å². The monoisotopic (exact) mass is 266 g/mol. The first-order valence-corrected chi connectivity index (χ1v) is 6.43. The lowest BCUT2D eigenvalue weighted by Crippen LogP contribution is -2.24. The summed E-state index contributed by atoms with van der Waals surface area (Å²) < 4.78 is 0. The molecular formula is C15H23ClN2. The third-order valence-electron chi connectivity index (χ3n) is 3.70. The summed E-state index contributed by atoms with van der Waals surface area (Å²) in [5, 5.41) is 0. The van der Waals surface area contributed by atoms with Crippen LogP contribution in [-0.4, -0.2) is 31.1 Å². The number of likely N-dealkylation sites (tertiary alicyclic amines) is 1. The largest absolute Gasteiger partial charge is 0.330 e. The van der Waals surface area contributed by atoms with Crippen LogP contribution in [-0.2, 0) is 0 Å². The molecule has 18 heavy (non-hydrogen) atoms. The van der Waals surface area contributed by atoms with E-state index in [1.807, 2.05) is 6.08 Å². The molecule has 0 aromatic heterocycles. The number of hydrogen-bond acceptors (Lipinski definition) is 2. The van der Waals surface area contributed by atoms with Crippen LogP contribution < -0.4 is 5.73 Å². The minimum absolute atomic E-state index is 0. The molecular weight excluding hydrogens is 244 g/mol. The lowest BCUT2D eigenvalue weighted by molar-refractivity contribution is 0.331. The van der Waals surface area contributed by atoms with Crippen molar-refractivity contribution in [3.05, 3.63) is 48.6 Å². The summed E-state index contributed by atoms with van der Waals surface area (Å²) in [6.45, 7) is 7.95. The van der Waals surface area contributed by atoms with Crippen LogP contribution in [0.4, 0.5) is 0 Å². The number of rotatable bonds is 5. The van der Waals surface area contributed by atoms with Crippen LogP contribution in [0.25, 0.3) is 0 Å². The van der Waals surface area contributed by atoms with Crippen molar-refractivity contribution in [3.8, 4) is 0 Å². The molecule has 3 heteroatoms. The minimum Gasteiger partial charge on any atom is -0.330 e. The van der Waals surface area contributed by atoms with Crippen LogP contribution in [0.1, 0.15) is 17.9 Å². The molecule has 2 rings (SSSR count). The molecule has 0 spiro atoms. The Bertz CT molecular complexity index is 353. The number of nitrogens with zero attached hydrogens (tertiary/aromatic N) is 1. The van der Waals surface area contributed by atoms with E-state index < -0.39 is 0 Å². The van der Waals surface area contributed by atoms with Crippen LogP contribution in [0.5, 0.6) is 0 Å². The Morgan fingerprint density at radius 1 is 1.28 bits per heavy atom. The SMILES string of the molecule is C=CCCN1C[C@@H](CN)[C@H](c2ccccc2)C1.Cl. The van der Waals surface area contributed by atoms with E-state index in [-0.39, 0.29) is 12.4 Å². The van der Waals surface area contributed by atoms with Crippen molar-refractivity contribution in [2.75, 3.05) is 26.2 Å². The molecule has 0 radical (unpaired) electrons. The molecule has 0 saturated carbocycles. The fourth-order valence-electron chi connectivity index (χ4n) is 2.73. The number of hydrogen-bond donors (Lipinski definition) is 1. The van der Waals surface area contributed by atoms with Crippen molar-refractivity contribution in [2.45, 2.75) is 12.3 Å². The second-order valence-corrected chi connectivity index (χ2v) is 4.85. The molecule has 0 bridgehead atoms. The molecule has 2 nitrogen and oxygen atoms in total. The molecule has 0 unspecified atom stereocenters. The van der Waals surface area contributed by atoms with E-state index in [1.54, 1.807) is 0 Å². The maximum absolute atomic E-state index is 5.91. The van der Waals surface area contributed by atoms with Crippen LogP contribution in [0.15, 0.2) is 43.0 Å². The van der Waals surface area contributed by atoms with Gasteiger partial charge in [0.05, 0.1) is 0 Å². The highest BCUT2D eigenvalue weighted by molar-refractivity contribution is 5.85. The summed E-state index contributed by atoms with van der Waals surface area (Å²) in [7, 11) is 0. The average molecular weight is 267 g/mol. The van der Waals surface area contributed by atoms with Gasteiger partial charge in [-0.15, -0.1) is 19.0 Å². The standard InChI is InChI=1S/C15H22N2.ClH/c1-2-3-9-17-11-14(10-16)15(12-17)13-7-5-4-6-8-13;/h2,4-8,14-15H,1,3,9-12,16H2;1H/t14-,15+;/m1./s1. The first-order valence-electron chi connectivity index (χ1n) is 6.43. The lowest BCUT2D eigenvalue weighted by Gasteiger charge is -2.16. The molecule has 2 N–H and O–H groups in total. The summed E-state index contributed by atoms with van der Waals surface area (Å²) >= 11 is 0. The van der Waals surface area contributed by atoms with Crippen molar-refractivity contribution >= 4 is 12.4 Å². The summed E-state index contributed by atoms with van der Waals surface area (Å²) in [6, 6.07) is 10.8. The quantitative estimate of drug-likeness (QED) is 0.831. The Morgan fingerprint density at radius 2 is 2.00 bits per heavy atom. The Balaban J connectivity index is 0.00000162. The van der Waals surface area contributed by atoms with Gasteiger partial charge in [0.15, 0.2) is 0 Å². The summed E-state index contributed by atoms with van der Waals surface area (Å²) in [6.07, 6.45) is 3.06. The van der Waals surface area contributed by atoms with Gasteiger partial charge < -0.3 is 10.6 Å². The zero-order valence-corrected chi connectivity index (χ0v) is 11.6. The maximum Gasteiger partial charge on any atom is 0.00542 e. The van der Waals surface area contributed by atoms with Gasteiger partial charge in [0.25, 0.3) is 0 Å². The van der Waals surface area contributed by atoms with E-state index in [4.69, 9.17) is 5.73 Å². The van der Waals surface area contributed by atoms with Gasteiger partial charge in [0.1, 0.15) is 0 Å². The third-order valence-corrected chi connectivity index (χ3v) is 3.70. The average Bonchev–Trinajstić information content (AvgIpc) is 2.80. The summed E-state index contributed by atoms with van der Waals surface area (Å²) in [5.41, 5.74) is 7.34. The molecule has 1 aliphatic rings. The van der Waals surface area contributed by atoms with Crippen molar-refractivity contribution in [2.24, 2.45) is 11.7 Å². The smallest absolute Gasteiger partial charge is 0.00542 e. The predicted octanol–water partition coefficient (Wildman–Crippen LogP) is 2.66. The Kier molecular flexibility index (Phi) is 6.41. The lowest BCUT2D eigenvalue weighted by atomic mass is 9.89. The molecule has 0 aliphatic carbocycles. The number of halogens is 1. The highest BCUT2D eigenvalue weighted by atomic mass is 35.5. The topological polar surface area (TPSA) is 29.3 Å². The van der Waals surface area contributed by atoms with Gasteiger partial charge in [-0.2, -0.15) is 0 Å². The van der Waals surface area contributed by atoms with Crippen LogP contribution >= 0.6 is 12.4 Å². The maximum atomic E-state index is 5.91. The minimum atomic E-state index is 0. The van der Waals surface area contributed by atoms with E-state index in [1.165, 1.54) is 5.56 Å². The van der Waals surface area contributed by atoms with E-state index in [0.29, 0.717) is 11.8 Å². The second kappa shape index (κ2) is 7.57. The summed E-state index contributed by atoms with van der Waals surface area (Å²) in [4.78, 5) is 2.51. The third kappa shape index (κ3) is 3.58. The van der Waals surface area contributed by atoms with Crippen molar-refractivity contribution in [1.29, 1.82) is 0 Å². The van der Waals surface area contributed by atoms with Gasteiger partial charge >= 0.3 is 0 Å². The van der Waals surface area contributed by atoms with Gasteiger partial charge in [-0.1, -0.05) is 36.4 Å². The first kappa shape index (κ1) is 15.2. The molecule has 100 valence electrons. The van der Waals surface area contributed by atoms with Gasteiger partial charge in [-0.3, -0.25) is 0 Å². The Morgan fingerprint density at radius 3 is 2.61 bits per heavy atom. The van der Waals surface area contributed by atoms with E-state index in [0.717, 1.165) is 32.6 Å². The highest BCUT2D eigenvalue weighted by Gasteiger charge is 2.32. The van der Waals surface area contributed by atoms with Crippen LogP contribution in [0, 0.1) is 5.92 Å². The van der Waals surface area contributed by atoms with E-state index in [2.05, 4.69) is 41.8 Å². The molecule has 1 aromatic carbocycles. The molecule has 1 aromatic rings. The second-order valence-electron chi connectivity index (χ2n) is 4.85. The van der Waals surface area contributed by atoms with E-state index in [9.17, 15) is 0 Å². The fourth-order valence-corrected chi connectivity index (χ4v) is 2.73. The van der Waals surface area contributed by atoms with E-state index >= 15 is 0 Å².